The van der Waals surface area contributed by atoms with Gasteiger partial charge in [0.05, 0.1) is 6.42 Å². The van der Waals surface area contributed by atoms with Gasteiger partial charge in [-0.2, -0.15) is 0 Å². The summed E-state index contributed by atoms with van der Waals surface area (Å²) < 4.78 is 12.9. The lowest BCUT2D eigenvalue weighted by Gasteiger charge is -2.05. The van der Waals surface area contributed by atoms with Crippen LogP contribution in [0, 0.1) is 5.82 Å². The molecule has 0 aliphatic heterocycles. The highest BCUT2D eigenvalue weighted by Gasteiger charge is 2.03. The first-order valence-electron chi connectivity index (χ1n) is 5.79. The minimum atomic E-state index is -0.298. The number of carbonyl (C=O) groups is 1. The Balaban J connectivity index is 2.21. The number of benzene rings is 1. The van der Waals surface area contributed by atoms with Gasteiger partial charge in [-0.25, -0.2) is 4.39 Å². The first kappa shape index (κ1) is 14.2. The van der Waals surface area contributed by atoms with Gasteiger partial charge in [-0.3, -0.25) is 4.79 Å². The van der Waals surface area contributed by atoms with Crippen molar-refractivity contribution in [1.82, 2.24) is 5.32 Å². The molecule has 0 spiro atoms. The van der Waals surface area contributed by atoms with Gasteiger partial charge in [0.2, 0.25) is 5.91 Å². The van der Waals surface area contributed by atoms with E-state index in [0.717, 1.165) is 24.6 Å². The lowest BCUT2D eigenvalue weighted by atomic mass is 10.1. The molecule has 0 heterocycles. The molecule has 4 heteroatoms. The number of halogens is 2. The summed E-state index contributed by atoms with van der Waals surface area (Å²) in [5, 5.41) is 3.84. The second-order valence-electron chi connectivity index (χ2n) is 3.91. The van der Waals surface area contributed by atoms with Crippen molar-refractivity contribution in [3.63, 3.8) is 0 Å². The monoisotopic (exact) mass is 301 g/mol. The number of hydrogen-bond acceptors (Lipinski definition) is 1. The van der Waals surface area contributed by atoms with E-state index in [2.05, 4.69) is 21.2 Å². The first-order valence-corrected chi connectivity index (χ1v) is 6.91. The SMILES string of the molecule is O=C(Cc1cccc(F)c1)NCCCCCBr. The summed E-state index contributed by atoms with van der Waals surface area (Å²) in [6.45, 7) is 0.696. The fraction of sp³-hybridized carbons (Fsp3) is 0.462. The van der Waals surface area contributed by atoms with Gasteiger partial charge in [0, 0.05) is 11.9 Å². The largest absolute Gasteiger partial charge is 0.356 e. The third-order valence-electron chi connectivity index (χ3n) is 2.39. The predicted octanol–water partition coefficient (Wildman–Crippen LogP) is 3.05. The third kappa shape index (κ3) is 6.41. The number of unbranched alkanes of at least 4 members (excludes halogenated alkanes) is 2. The van der Waals surface area contributed by atoms with Crippen molar-refractivity contribution in [2.24, 2.45) is 0 Å². The molecule has 0 aliphatic carbocycles. The van der Waals surface area contributed by atoms with Crippen LogP contribution < -0.4 is 5.32 Å². The van der Waals surface area contributed by atoms with E-state index in [1.165, 1.54) is 12.1 Å². The van der Waals surface area contributed by atoms with Gasteiger partial charge >= 0.3 is 0 Å². The Morgan fingerprint density at radius 1 is 1.29 bits per heavy atom. The minimum Gasteiger partial charge on any atom is -0.356 e. The van der Waals surface area contributed by atoms with E-state index >= 15 is 0 Å². The number of nitrogens with one attached hydrogen (secondary N) is 1. The fourth-order valence-corrected chi connectivity index (χ4v) is 1.92. The molecule has 1 aromatic carbocycles. The topological polar surface area (TPSA) is 29.1 Å². The highest BCUT2D eigenvalue weighted by Crippen LogP contribution is 2.04. The van der Waals surface area contributed by atoms with Gasteiger partial charge in [0.25, 0.3) is 0 Å². The van der Waals surface area contributed by atoms with Crippen LogP contribution in [0.2, 0.25) is 0 Å². The highest BCUT2D eigenvalue weighted by atomic mass is 79.9. The molecule has 0 aliphatic rings. The summed E-state index contributed by atoms with van der Waals surface area (Å²) >= 11 is 3.36. The summed E-state index contributed by atoms with van der Waals surface area (Å²) in [7, 11) is 0. The molecule has 0 atom stereocenters. The van der Waals surface area contributed by atoms with E-state index in [0.29, 0.717) is 12.1 Å². The molecule has 1 N–H and O–H groups in total. The Bertz CT molecular complexity index is 357. The molecule has 0 unspecified atom stereocenters. The summed E-state index contributed by atoms with van der Waals surface area (Å²) in [6.07, 6.45) is 3.46. The summed E-state index contributed by atoms with van der Waals surface area (Å²) in [5.74, 6) is -0.345. The lowest BCUT2D eigenvalue weighted by Crippen LogP contribution is -2.26. The molecule has 0 bridgehead atoms. The van der Waals surface area contributed by atoms with E-state index in [1.54, 1.807) is 12.1 Å². The Labute approximate surface area is 110 Å². The molecule has 0 fully saturated rings. The number of carbonyl (C=O) groups excluding carboxylic acids is 1. The van der Waals surface area contributed by atoms with Crippen LogP contribution in [-0.4, -0.2) is 17.8 Å². The van der Waals surface area contributed by atoms with Crippen molar-refractivity contribution in [3.05, 3.63) is 35.6 Å². The summed E-state index contributed by atoms with van der Waals surface area (Å²) in [4.78, 5) is 11.5. The van der Waals surface area contributed by atoms with Crippen LogP contribution in [0.25, 0.3) is 0 Å². The van der Waals surface area contributed by atoms with Crippen molar-refractivity contribution in [2.75, 3.05) is 11.9 Å². The van der Waals surface area contributed by atoms with Gasteiger partial charge in [0.15, 0.2) is 0 Å². The fourth-order valence-electron chi connectivity index (χ4n) is 1.52. The number of rotatable bonds is 7. The molecular weight excluding hydrogens is 285 g/mol. The zero-order chi connectivity index (χ0) is 12.5. The van der Waals surface area contributed by atoms with Gasteiger partial charge in [0.1, 0.15) is 5.82 Å². The van der Waals surface area contributed by atoms with Crippen molar-refractivity contribution in [3.8, 4) is 0 Å². The van der Waals surface area contributed by atoms with Gasteiger partial charge in [-0.15, -0.1) is 0 Å². The maximum atomic E-state index is 12.9. The summed E-state index contributed by atoms with van der Waals surface area (Å²) in [5.41, 5.74) is 0.711. The zero-order valence-corrected chi connectivity index (χ0v) is 11.3. The Kier molecular flexibility index (Phi) is 6.86. The van der Waals surface area contributed by atoms with E-state index in [-0.39, 0.29) is 18.1 Å². The Morgan fingerprint density at radius 3 is 2.82 bits per heavy atom. The first-order chi connectivity index (χ1) is 8.22. The van der Waals surface area contributed by atoms with E-state index in [4.69, 9.17) is 0 Å². The average molecular weight is 302 g/mol. The quantitative estimate of drug-likeness (QED) is 0.609. The molecule has 1 rings (SSSR count). The molecule has 1 amide bonds. The second kappa shape index (κ2) is 8.23. The number of hydrogen-bond donors (Lipinski definition) is 1. The van der Waals surface area contributed by atoms with Crippen LogP contribution >= 0.6 is 15.9 Å². The molecule has 94 valence electrons. The molecule has 17 heavy (non-hydrogen) atoms. The molecule has 0 saturated carbocycles. The Hall–Kier alpha value is -0.900. The highest BCUT2D eigenvalue weighted by molar-refractivity contribution is 9.09. The molecule has 0 saturated heterocycles. The zero-order valence-electron chi connectivity index (χ0n) is 9.72. The normalized spacial score (nSPS) is 10.2. The van der Waals surface area contributed by atoms with Crippen molar-refractivity contribution >= 4 is 21.8 Å². The van der Waals surface area contributed by atoms with E-state index in [9.17, 15) is 9.18 Å². The van der Waals surface area contributed by atoms with Crippen LogP contribution in [0.3, 0.4) is 0 Å². The predicted molar refractivity (Wildman–Crippen MR) is 70.8 cm³/mol. The van der Waals surface area contributed by atoms with Crippen molar-refractivity contribution in [1.29, 1.82) is 0 Å². The molecule has 2 nitrogen and oxygen atoms in total. The van der Waals surface area contributed by atoms with Crippen molar-refractivity contribution < 1.29 is 9.18 Å². The van der Waals surface area contributed by atoms with Crippen LogP contribution in [-0.2, 0) is 11.2 Å². The lowest BCUT2D eigenvalue weighted by molar-refractivity contribution is -0.120. The molecule has 0 aromatic heterocycles. The van der Waals surface area contributed by atoms with Crippen molar-refractivity contribution in [2.45, 2.75) is 25.7 Å². The van der Waals surface area contributed by atoms with Crippen LogP contribution in [0.4, 0.5) is 4.39 Å². The van der Waals surface area contributed by atoms with Gasteiger partial charge in [-0.05, 0) is 30.5 Å². The maximum absolute atomic E-state index is 12.9. The van der Waals surface area contributed by atoms with Gasteiger partial charge < -0.3 is 5.32 Å². The maximum Gasteiger partial charge on any atom is 0.224 e. The second-order valence-corrected chi connectivity index (χ2v) is 4.70. The van der Waals surface area contributed by atoms with E-state index < -0.39 is 0 Å². The number of alkyl halides is 1. The molecule has 0 radical (unpaired) electrons. The average Bonchev–Trinajstić information content (AvgIpc) is 2.29. The smallest absolute Gasteiger partial charge is 0.224 e. The minimum absolute atomic E-state index is 0.0468. The third-order valence-corrected chi connectivity index (χ3v) is 2.95. The molecule has 1 aromatic rings. The number of amides is 1. The Morgan fingerprint density at radius 2 is 2.12 bits per heavy atom. The van der Waals surface area contributed by atoms with Crippen LogP contribution in [0.15, 0.2) is 24.3 Å². The molecular formula is C13H17BrFNO. The van der Waals surface area contributed by atoms with Crippen LogP contribution in [0.5, 0.6) is 0 Å². The summed E-state index contributed by atoms with van der Waals surface area (Å²) in [6, 6.07) is 6.15. The van der Waals surface area contributed by atoms with E-state index in [1.807, 2.05) is 0 Å². The van der Waals surface area contributed by atoms with Crippen LogP contribution in [0.1, 0.15) is 24.8 Å². The van der Waals surface area contributed by atoms with Gasteiger partial charge in [-0.1, -0.05) is 34.5 Å². The standard InChI is InChI=1S/C13H17BrFNO/c14-7-2-1-3-8-16-13(17)10-11-5-4-6-12(15)9-11/h4-6,9H,1-3,7-8,10H2,(H,16,17).